The summed E-state index contributed by atoms with van der Waals surface area (Å²) in [5.74, 6) is 0.894. The highest BCUT2D eigenvalue weighted by Crippen LogP contribution is 2.30. The predicted octanol–water partition coefficient (Wildman–Crippen LogP) is 3.83. The SMILES string of the molecule is CC(C)NC(CO)CCSc1cc(Cl)ccc1Cl. The lowest BCUT2D eigenvalue weighted by Crippen LogP contribution is -2.37. The van der Waals surface area contributed by atoms with E-state index in [2.05, 4.69) is 19.2 Å². The zero-order chi connectivity index (χ0) is 13.5. The van der Waals surface area contributed by atoms with Crippen molar-refractivity contribution in [2.24, 2.45) is 0 Å². The van der Waals surface area contributed by atoms with Crippen molar-refractivity contribution in [1.82, 2.24) is 5.32 Å². The summed E-state index contributed by atoms with van der Waals surface area (Å²) in [6, 6.07) is 5.98. The molecule has 0 aliphatic rings. The monoisotopic (exact) mass is 307 g/mol. The number of benzene rings is 1. The average Bonchev–Trinajstić information content (AvgIpc) is 2.31. The van der Waals surface area contributed by atoms with E-state index >= 15 is 0 Å². The fourth-order valence-corrected chi connectivity index (χ4v) is 3.15. The lowest BCUT2D eigenvalue weighted by atomic mass is 10.2. The molecule has 5 heteroatoms. The normalized spacial score (nSPS) is 13.0. The molecule has 2 nitrogen and oxygen atoms in total. The van der Waals surface area contributed by atoms with Crippen molar-refractivity contribution in [3.63, 3.8) is 0 Å². The smallest absolute Gasteiger partial charge is 0.0585 e. The number of aliphatic hydroxyl groups excluding tert-OH is 1. The molecule has 0 saturated carbocycles. The summed E-state index contributed by atoms with van der Waals surface area (Å²) < 4.78 is 0. The fourth-order valence-electron chi connectivity index (χ4n) is 1.60. The molecule has 0 amide bonds. The highest BCUT2D eigenvalue weighted by atomic mass is 35.5. The van der Waals surface area contributed by atoms with E-state index in [1.165, 1.54) is 0 Å². The minimum atomic E-state index is 0.135. The van der Waals surface area contributed by atoms with Crippen LogP contribution in [0, 0.1) is 0 Å². The molecule has 2 N–H and O–H groups in total. The largest absolute Gasteiger partial charge is 0.395 e. The van der Waals surface area contributed by atoms with Gasteiger partial charge in [-0.3, -0.25) is 0 Å². The third kappa shape index (κ3) is 5.81. The van der Waals surface area contributed by atoms with Crippen LogP contribution in [0.1, 0.15) is 20.3 Å². The predicted molar refractivity (Wildman–Crippen MR) is 80.9 cm³/mol. The van der Waals surface area contributed by atoms with Crippen LogP contribution in [0.2, 0.25) is 10.0 Å². The molecule has 1 aromatic carbocycles. The Morgan fingerprint density at radius 1 is 1.33 bits per heavy atom. The van der Waals surface area contributed by atoms with Crippen molar-refractivity contribution in [3.8, 4) is 0 Å². The van der Waals surface area contributed by atoms with E-state index in [9.17, 15) is 5.11 Å². The van der Waals surface area contributed by atoms with Gasteiger partial charge in [0.05, 0.1) is 11.6 Å². The van der Waals surface area contributed by atoms with Crippen LogP contribution in [0.4, 0.5) is 0 Å². The molecule has 0 radical (unpaired) electrons. The number of thioether (sulfide) groups is 1. The summed E-state index contributed by atoms with van der Waals surface area (Å²) in [4.78, 5) is 0.991. The van der Waals surface area contributed by atoms with Crippen molar-refractivity contribution in [3.05, 3.63) is 28.2 Å². The number of halogens is 2. The topological polar surface area (TPSA) is 32.3 Å². The Bertz CT molecular complexity index is 374. The van der Waals surface area contributed by atoms with Gasteiger partial charge in [0.2, 0.25) is 0 Å². The molecule has 0 bridgehead atoms. The third-order valence-corrected chi connectivity index (χ3v) is 4.17. The molecule has 0 aliphatic carbocycles. The molecule has 18 heavy (non-hydrogen) atoms. The molecule has 0 aliphatic heterocycles. The first-order chi connectivity index (χ1) is 8.52. The summed E-state index contributed by atoms with van der Waals surface area (Å²) in [7, 11) is 0. The highest BCUT2D eigenvalue weighted by Gasteiger charge is 2.09. The number of aliphatic hydroxyl groups is 1. The van der Waals surface area contributed by atoms with Gasteiger partial charge in [-0.05, 0) is 30.4 Å². The molecular weight excluding hydrogens is 289 g/mol. The molecule has 0 spiro atoms. The highest BCUT2D eigenvalue weighted by molar-refractivity contribution is 7.99. The van der Waals surface area contributed by atoms with Gasteiger partial charge in [-0.2, -0.15) is 0 Å². The Kier molecular flexibility index (Phi) is 7.42. The van der Waals surface area contributed by atoms with Crippen LogP contribution < -0.4 is 5.32 Å². The molecule has 0 heterocycles. The Labute approximate surface area is 123 Å². The van der Waals surface area contributed by atoms with Crippen molar-refractivity contribution in [2.45, 2.75) is 37.2 Å². The minimum absolute atomic E-state index is 0.135. The zero-order valence-electron chi connectivity index (χ0n) is 10.6. The van der Waals surface area contributed by atoms with Crippen LogP contribution in [-0.2, 0) is 0 Å². The van der Waals surface area contributed by atoms with E-state index in [-0.39, 0.29) is 12.6 Å². The van der Waals surface area contributed by atoms with E-state index < -0.39 is 0 Å². The molecule has 0 saturated heterocycles. The van der Waals surface area contributed by atoms with Gasteiger partial charge in [0.25, 0.3) is 0 Å². The first-order valence-electron chi connectivity index (χ1n) is 5.97. The fraction of sp³-hybridized carbons (Fsp3) is 0.538. The molecule has 1 unspecified atom stereocenters. The Morgan fingerprint density at radius 3 is 2.67 bits per heavy atom. The second-order valence-corrected chi connectivity index (χ2v) is 6.39. The van der Waals surface area contributed by atoms with Gasteiger partial charge in [0, 0.05) is 22.0 Å². The van der Waals surface area contributed by atoms with Crippen LogP contribution in [0.25, 0.3) is 0 Å². The summed E-state index contributed by atoms with van der Waals surface area (Å²) in [5.41, 5.74) is 0. The van der Waals surface area contributed by atoms with Crippen LogP contribution in [-0.4, -0.2) is 29.5 Å². The van der Waals surface area contributed by atoms with Gasteiger partial charge >= 0.3 is 0 Å². The van der Waals surface area contributed by atoms with Gasteiger partial charge in [0.1, 0.15) is 0 Å². The maximum Gasteiger partial charge on any atom is 0.0585 e. The molecule has 0 aromatic heterocycles. The quantitative estimate of drug-likeness (QED) is 0.751. The molecular formula is C13H19Cl2NOS. The standard InChI is InChI=1S/C13H19Cl2NOS/c1-9(2)16-11(8-17)5-6-18-13-7-10(14)3-4-12(13)15/h3-4,7,9,11,16-17H,5-6,8H2,1-2H3. The minimum Gasteiger partial charge on any atom is -0.395 e. The summed E-state index contributed by atoms with van der Waals surface area (Å²) >= 11 is 13.7. The van der Waals surface area contributed by atoms with E-state index in [1.807, 2.05) is 12.1 Å². The first kappa shape index (κ1) is 16.1. The number of rotatable bonds is 7. The number of hydrogen-bond acceptors (Lipinski definition) is 3. The number of nitrogens with one attached hydrogen (secondary N) is 1. The molecule has 1 atom stereocenters. The van der Waals surface area contributed by atoms with Gasteiger partial charge in [-0.1, -0.05) is 37.0 Å². The molecule has 0 fully saturated rings. The summed E-state index contributed by atoms with van der Waals surface area (Å²) in [6.07, 6.45) is 0.891. The second-order valence-electron chi connectivity index (χ2n) is 4.41. The zero-order valence-corrected chi connectivity index (χ0v) is 12.9. The van der Waals surface area contributed by atoms with Crippen molar-refractivity contribution in [1.29, 1.82) is 0 Å². The summed E-state index contributed by atoms with van der Waals surface area (Å²) in [5, 5.41) is 14.0. The van der Waals surface area contributed by atoms with Crippen LogP contribution >= 0.6 is 35.0 Å². The van der Waals surface area contributed by atoms with Crippen molar-refractivity contribution >= 4 is 35.0 Å². The van der Waals surface area contributed by atoms with E-state index in [1.54, 1.807) is 17.8 Å². The van der Waals surface area contributed by atoms with Crippen LogP contribution in [0.15, 0.2) is 23.1 Å². The Balaban J connectivity index is 2.42. The maximum absolute atomic E-state index is 9.25. The lowest BCUT2D eigenvalue weighted by molar-refractivity contribution is 0.232. The Morgan fingerprint density at radius 2 is 2.06 bits per heavy atom. The van der Waals surface area contributed by atoms with Gasteiger partial charge in [-0.25, -0.2) is 0 Å². The van der Waals surface area contributed by atoms with E-state index in [0.717, 1.165) is 22.1 Å². The van der Waals surface area contributed by atoms with Crippen molar-refractivity contribution < 1.29 is 5.11 Å². The van der Waals surface area contributed by atoms with Crippen LogP contribution in [0.3, 0.4) is 0 Å². The van der Waals surface area contributed by atoms with Crippen molar-refractivity contribution in [2.75, 3.05) is 12.4 Å². The van der Waals surface area contributed by atoms with E-state index in [4.69, 9.17) is 23.2 Å². The van der Waals surface area contributed by atoms with Gasteiger partial charge in [0.15, 0.2) is 0 Å². The first-order valence-corrected chi connectivity index (χ1v) is 7.72. The second kappa shape index (κ2) is 8.28. The molecule has 102 valence electrons. The molecule has 1 aromatic rings. The number of hydrogen-bond donors (Lipinski definition) is 2. The Hall–Kier alpha value is 0.0700. The van der Waals surface area contributed by atoms with Gasteiger partial charge in [-0.15, -0.1) is 11.8 Å². The summed E-state index contributed by atoms with van der Waals surface area (Å²) in [6.45, 7) is 4.30. The maximum atomic E-state index is 9.25. The third-order valence-electron chi connectivity index (χ3n) is 2.41. The van der Waals surface area contributed by atoms with Crippen LogP contribution in [0.5, 0.6) is 0 Å². The lowest BCUT2D eigenvalue weighted by Gasteiger charge is -2.18. The van der Waals surface area contributed by atoms with Gasteiger partial charge < -0.3 is 10.4 Å². The average molecular weight is 308 g/mol. The molecule has 1 rings (SSSR count). The van der Waals surface area contributed by atoms with E-state index in [0.29, 0.717) is 11.1 Å².